The smallest absolute Gasteiger partial charge is 0.218 e. The minimum Gasteiger partial charge on any atom is -0.319 e. The van der Waals surface area contributed by atoms with Crippen LogP contribution in [0.5, 0.6) is 0 Å². The van der Waals surface area contributed by atoms with Crippen LogP contribution in [0.15, 0.2) is 18.2 Å². The van der Waals surface area contributed by atoms with Crippen molar-refractivity contribution in [3.05, 3.63) is 33.8 Å². The number of nitrogens with zero attached hydrogens (tertiary/aromatic N) is 1. The third kappa shape index (κ3) is 4.57. The molecule has 0 aliphatic carbocycles. The van der Waals surface area contributed by atoms with Crippen molar-refractivity contribution in [2.45, 2.75) is 18.6 Å². The van der Waals surface area contributed by atoms with E-state index in [9.17, 15) is 8.42 Å². The van der Waals surface area contributed by atoms with E-state index in [2.05, 4.69) is 5.32 Å². The highest BCUT2D eigenvalue weighted by molar-refractivity contribution is 7.88. The molecule has 0 spiro atoms. The fourth-order valence-electron chi connectivity index (χ4n) is 2.67. The molecule has 0 radical (unpaired) electrons. The van der Waals surface area contributed by atoms with Crippen LogP contribution in [0, 0.1) is 5.92 Å². The molecular weight excluding hydrogens is 331 g/mol. The largest absolute Gasteiger partial charge is 0.319 e. The first-order valence-corrected chi connectivity index (χ1v) is 9.35. The van der Waals surface area contributed by atoms with Crippen molar-refractivity contribution in [3.8, 4) is 0 Å². The van der Waals surface area contributed by atoms with Gasteiger partial charge in [0, 0.05) is 13.1 Å². The van der Waals surface area contributed by atoms with Crippen LogP contribution in [0.2, 0.25) is 10.0 Å². The minimum absolute atomic E-state index is 0.0316. The van der Waals surface area contributed by atoms with Crippen LogP contribution in [0.1, 0.15) is 18.4 Å². The lowest BCUT2D eigenvalue weighted by Gasteiger charge is -2.31. The fraction of sp³-hybridized carbons (Fsp3) is 0.571. The van der Waals surface area contributed by atoms with Gasteiger partial charge in [-0.1, -0.05) is 29.3 Å². The molecule has 1 unspecified atom stereocenters. The monoisotopic (exact) mass is 350 g/mol. The number of rotatable bonds is 5. The molecule has 1 aromatic carbocycles. The second-order valence-corrected chi connectivity index (χ2v) is 8.21. The molecule has 1 heterocycles. The molecular formula is C14H20Cl2N2O2S. The molecule has 1 aromatic rings. The molecule has 0 saturated carbocycles. The predicted octanol–water partition coefficient (Wildman–Crippen LogP) is 2.75. The lowest BCUT2D eigenvalue weighted by molar-refractivity contribution is 0.263. The third-order valence-electron chi connectivity index (χ3n) is 3.70. The molecule has 0 amide bonds. The predicted molar refractivity (Wildman–Crippen MR) is 87.3 cm³/mol. The number of sulfonamides is 1. The van der Waals surface area contributed by atoms with Gasteiger partial charge < -0.3 is 5.32 Å². The highest BCUT2D eigenvalue weighted by Crippen LogP contribution is 2.25. The zero-order chi connectivity index (χ0) is 15.5. The van der Waals surface area contributed by atoms with Gasteiger partial charge in [-0.15, -0.1) is 0 Å². The highest BCUT2D eigenvalue weighted by Gasteiger charge is 2.28. The number of hydrogen-bond donors (Lipinski definition) is 1. The van der Waals surface area contributed by atoms with Gasteiger partial charge in [0.2, 0.25) is 10.0 Å². The Morgan fingerprint density at radius 2 is 2.10 bits per heavy atom. The molecule has 21 heavy (non-hydrogen) atoms. The molecule has 1 fully saturated rings. The Bertz CT molecular complexity index is 591. The topological polar surface area (TPSA) is 49.4 Å². The van der Waals surface area contributed by atoms with E-state index in [1.807, 2.05) is 7.05 Å². The number of halogens is 2. The summed E-state index contributed by atoms with van der Waals surface area (Å²) in [7, 11) is -1.42. The van der Waals surface area contributed by atoms with E-state index in [1.165, 1.54) is 0 Å². The van der Waals surface area contributed by atoms with Gasteiger partial charge in [0.15, 0.2) is 0 Å². The van der Waals surface area contributed by atoms with E-state index in [0.29, 0.717) is 34.6 Å². The van der Waals surface area contributed by atoms with E-state index in [4.69, 9.17) is 23.2 Å². The average molecular weight is 351 g/mol. The van der Waals surface area contributed by atoms with Crippen molar-refractivity contribution in [3.63, 3.8) is 0 Å². The Morgan fingerprint density at radius 3 is 2.76 bits per heavy atom. The summed E-state index contributed by atoms with van der Waals surface area (Å²) in [4.78, 5) is 0. The summed E-state index contributed by atoms with van der Waals surface area (Å²) in [6.45, 7) is 2.03. The van der Waals surface area contributed by atoms with E-state index in [-0.39, 0.29) is 5.75 Å². The van der Waals surface area contributed by atoms with Crippen LogP contribution in [-0.4, -0.2) is 39.4 Å². The minimum atomic E-state index is -3.31. The molecule has 1 aliphatic heterocycles. The number of piperidine rings is 1. The molecule has 1 saturated heterocycles. The van der Waals surface area contributed by atoms with Gasteiger partial charge in [0.05, 0.1) is 15.8 Å². The summed E-state index contributed by atoms with van der Waals surface area (Å²) in [6, 6.07) is 4.96. The molecule has 0 aromatic heterocycles. The zero-order valence-corrected chi connectivity index (χ0v) is 14.3. The SMILES string of the molecule is CNCC1CCCN(S(=O)(=O)Cc2ccc(Cl)c(Cl)c2)C1. The average Bonchev–Trinajstić information content (AvgIpc) is 2.43. The summed E-state index contributed by atoms with van der Waals surface area (Å²) in [6.07, 6.45) is 1.98. The molecule has 2 rings (SSSR count). The number of nitrogens with one attached hydrogen (secondary N) is 1. The first-order chi connectivity index (χ1) is 9.92. The molecule has 118 valence electrons. The van der Waals surface area contributed by atoms with Crippen LogP contribution in [-0.2, 0) is 15.8 Å². The Morgan fingerprint density at radius 1 is 1.33 bits per heavy atom. The van der Waals surface area contributed by atoms with E-state index >= 15 is 0 Å². The quantitative estimate of drug-likeness (QED) is 0.888. The van der Waals surface area contributed by atoms with Crippen LogP contribution in [0.3, 0.4) is 0 Å². The summed E-state index contributed by atoms with van der Waals surface area (Å²) in [5, 5.41) is 3.94. The Hall–Kier alpha value is -0.330. The van der Waals surface area contributed by atoms with Crippen molar-refractivity contribution in [2.75, 3.05) is 26.7 Å². The standard InChI is InChI=1S/C14H20Cl2N2O2S/c1-17-8-12-3-2-6-18(9-12)21(19,20)10-11-4-5-13(15)14(16)7-11/h4-5,7,12,17H,2-3,6,8-10H2,1H3. The third-order valence-corrected chi connectivity index (χ3v) is 6.26. The van der Waals surface area contributed by atoms with Gasteiger partial charge in [-0.2, -0.15) is 0 Å². The Kier molecular flexibility index (Phi) is 5.91. The first-order valence-electron chi connectivity index (χ1n) is 6.98. The molecule has 1 atom stereocenters. The normalized spacial score (nSPS) is 20.6. The van der Waals surface area contributed by atoms with Gasteiger partial charge in [-0.3, -0.25) is 0 Å². The summed E-state index contributed by atoms with van der Waals surface area (Å²) in [5.74, 6) is 0.350. The maximum absolute atomic E-state index is 12.5. The van der Waals surface area contributed by atoms with Gasteiger partial charge in [-0.05, 0) is 50.0 Å². The van der Waals surface area contributed by atoms with Crippen molar-refractivity contribution in [2.24, 2.45) is 5.92 Å². The molecule has 1 aliphatic rings. The second-order valence-electron chi connectivity index (χ2n) is 5.43. The van der Waals surface area contributed by atoms with Crippen molar-refractivity contribution in [1.29, 1.82) is 0 Å². The molecule has 4 nitrogen and oxygen atoms in total. The van der Waals surface area contributed by atoms with Crippen LogP contribution in [0.4, 0.5) is 0 Å². The van der Waals surface area contributed by atoms with Gasteiger partial charge >= 0.3 is 0 Å². The number of hydrogen-bond acceptors (Lipinski definition) is 3. The lowest BCUT2D eigenvalue weighted by atomic mass is 10.00. The van der Waals surface area contributed by atoms with Crippen molar-refractivity contribution < 1.29 is 8.42 Å². The van der Waals surface area contributed by atoms with Crippen LogP contribution in [0.25, 0.3) is 0 Å². The van der Waals surface area contributed by atoms with Crippen molar-refractivity contribution >= 4 is 33.2 Å². The van der Waals surface area contributed by atoms with Gasteiger partial charge in [0.1, 0.15) is 0 Å². The molecule has 7 heteroatoms. The maximum Gasteiger partial charge on any atom is 0.218 e. The fourth-order valence-corrected chi connectivity index (χ4v) is 4.62. The molecule has 1 N–H and O–H groups in total. The van der Waals surface area contributed by atoms with E-state index in [1.54, 1.807) is 22.5 Å². The van der Waals surface area contributed by atoms with E-state index in [0.717, 1.165) is 19.4 Å². The molecule has 0 bridgehead atoms. The second kappa shape index (κ2) is 7.29. The van der Waals surface area contributed by atoms with Crippen LogP contribution < -0.4 is 5.32 Å². The summed E-state index contributed by atoms with van der Waals surface area (Å²) >= 11 is 11.8. The van der Waals surface area contributed by atoms with E-state index < -0.39 is 10.0 Å². The first kappa shape index (κ1) is 17.0. The Labute approximate surface area is 136 Å². The summed E-state index contributed by atoms with van der Waals surface area (Å²) in [5.41, 5.74) is 0.667. The lowest BCUT2D eigenvalue weighted by Crippen LogP contribution is -2.42. The summed E-state index contributed by atoms with van der Waals surface area (Å²) < 4.78 is 26.7. The maximum atomic E-state index is 12.5. The zero-order valence-electron chi connectivity index (χ0n) is 12.0. The van der Waals surface area contributed by atoms with Crippen molar-refractivity contribution in [1.82, 2.24) is 9.62 Å². The van der Waals surface area contributed by atoms with Crippen LogP contribution >= 0.6 is 23.2 Å². The van der Waals surface area contributed by atoms with Gasteiger partial charge in [0.25, 0.3) is 0 Å². The Balaban J connectivity index is 2.08. The van der Waals surface area contributed by atoms with Gasteiger partial charge in [-0.25, -0.2) is 12.7 Å². The highest BCUT2D eigenvalue weighted by atomic mass is 35.5. The number of benzene rings is 1.